The summed E-state index contributed by atoms with van der Waals surface area (Å²) in [5, 5.41) is 2.99. The third-order valence-electron chi connectivity index (χ3n) is 2.69. The number of benzene rings is 2. The maximum atomic E-state index is 13.5. The summed E-state index contributed by atoms with van der Waals surface area (Å²) in [4.78, 5) is 12.2. The van der Waals surface area contributed by atoms with E-state index in [0.717, 1.165) is 10.0 Å². The molecule has 0 saturated carbocycles. The van der Waals surface area contributed by atoms with E-state index in [4.69, 9.17) is 11.6 Å². The molecule has 2 rings (SSSR count). The van der Waals surface area contributed by atoms with Gasteiger partial charge in [-0.1, -0.05) is 27.5 Å². The highest BCUT2D eigenvalue weighted by molar-refractivity contribution is 9.10. The summed E-state index contributed by atoms with van der Waals surface area (Å²) in [6.07, 6.45) is 0. The number of aryl methyl sites for hydroxylation is 1. The van der Waals surface area contributed by atoms with Crippen LogP contribution in [0.25, 0.3) is 0 Å². The number of amides is 1. The fourth-order valence-corrected chi connectivity index (χ4v) is 2.66. The van der Waals surface area contributed by atoms with Gasteiger partial charge in [0.1, 0.15) is 5.82 Å². The van der Waals surface area contributed by atoms with Crippen LogP contribution in [0.2, 0.25) is 5.02 Å². The minimum absolute atomic E-state index is 0.323. The lowest BCUT2D eigenvalue weighted by Gasteiger charge is -2.10. The standard InChI is InChI=1S/C14H9Br2ClFNO/c1-7-4-10(16)12(18)6-13(7)19-14(20)9-5-8(15)2-3-11(9)17/h2-6H,1H3,(H,19,20). The number of nitrogens with one attached hydrogen (secondary N) is 1. The largest absolute Gasteiger partial charge is 0.322 e. The molecule has 0 aliphatic heterocycles. The second-order valence-corrected chi connectivity index (χ2v) is 6.34. The lowest BCUT2D eigenvalue weighted by molar-refractivity contribution is 0.102. The van der Waals surface area contributed by atoms with Crippen molar-refractivity contribution in [3.8, 4) is 0 Å². The van der Waals surface area contributed by atoms with Crippen LogP contribution >= 0.6 is 43.5 Å². The van der Waals surface area contributed by atoms with E-state index in [2.05, 4.69) is 37.2 Å². The van der Waals surface area contributed by atoms with E-state index in [1.165, 1.54) is 6.07 Å². The molecule has 20 heavy (non-hydrogen) atoms. The molecular weight excluding hydrogens is 412 g/mol. The quantitative estimate of drug-likeness (QED) is 0.675. The van der Waals surface area contributed by atoms with E-state index in [-0.39, 0.29) is 5.91 Å². The molecule has 0 bridgehead atoms. The van der Waals surface area contributed by atoms with Crippen LogP contribution in [0.4, 0.5) is 10.1 Å². The van der Waals surface area contributed by atoms with Crippen molar-refractivity contribution in [1.82, 2.24) is 0 Å². The van der Waals surface area contributed by atoms with Crippen LogP contribution in [0, 0.1) is 12.7 Å². The molecule has 104 valence electrons. The van der Waals surface area contributed by atoms with Gasteiger partial charge < -0.3 is 5.32 Å². The van der Waals surface area contributed by atoms with Crippen molar-refractivity contribution in [3.63, 3.8) is 0 Å². The molecule has 0 saturated heterocycles. The van der Waals surface area contributed by atoms with Crippen LogP contribution in [-0.2, 0) is 0 Å². The Balaban J connectivity index is 2.32. The van der Waals surface area contributed by atoms with Crippen LogP contribution < -0.4 is 5.32 Å². The Labute approximate surface area is 137 Å². The Bertz CT molecular complexity index is 691. The molecule has 1 N–H and O–H groups in total. The maximum Gasteiger partial charge on any atom is 0.257 e. The van der Waals surface area contributed by atoms with Gasteiger partial charge in [0.05, 0.1) is 15.1 Å². The van der Waals surface area contributed by atoms with Gasteiger partial charge in [-0.25, -0.2) is 4.39 Å². The lowest BCUT2D eigenvalue weighted by Crippen LogP contribution is -2.13. The number of hydrogen-bond acceptors (Lipinski definition) is 1. The number of halogens is 4. The molecular formula is C14H9Br2ClFNO. The normalized spacial score (nSPS) is 10.4. The van der Waals surface area contributed by atoms with Crippen LogP contribution in [0.1, 0.15) is 15.9 Å². The van der Waals surface area contributed by atoms with Gasteiger partial charge in [-0.15, -0.1) is 0 Å². The SMILES string of the molecule is Cc1cc(Br)c(F)cc1NC(=O)c1cc(Br)ccc1Cl. The average Bonchev–Trinajstić information content (AvgIpc) is 2.38. The first kappa shape index (κ1) is 15.5. The van der Waals surface area contributed by atoms with Crippen molar-refractivity contribution >= 4 is 55.1 Å². The van der Waals surface area contributed by atoms with Crippen LogP contribution in [0.5, 0.6) is 0 Å². The van der Waals surface area contributed by atoms with E-state index in [0.29, 0.717) is 20.7 Å². The third-order valence-corrected chi connectivity index (χ3v) is 4.12. The van der Waals surface area contributed by atoms with Crippen molar-refractivity contribution in [2.75, 3.05) is 5.32 Å². The van der Waals surface area contributed by atoms with Crippen LogP contribution in [-0.4, -0.2) is 5.91 Å². The zero-order valence-electron chi connectivity index (χ0n) is 10.3. The summed E-state index contributed by atoms with van der Waals surface area (Å²) >= 11 is 12.4. The Hall–Kier alpha value is -0.910. The van der Waals surface area contributed by atoms with Gasteiger partial charge in [0.25, 0.3) is 5.91 Å². The van der Waals surface area contributed by atoms with Gasteiger partial charge in [-0.3, -0.25) is 4.79 Å². The molecule has 0 atom stereocenters. The van der Waals surface area contributed by atoms with Crippen molar-refractivity contribution in [2.45, 2.75) is 6.92 Å². The van der Waals surface area contributed by atoms with Gasteiger partial charge in [-0.2, -0.15) is 0 Å². The van der Waals surface area contributed by atoms with Crippen molar-refractivity contribution in [1.29, 1.82) is 0 Å². The second kappa shape index (κ2) is 6.24. The molecule has 0 spiro atoms. The van der Waals surface area contributed by atoms with E-state index >= 15 is 0 Å². The Morgan fingerprint density at radius 1 is 1.25 bits per heavy atom. The van der Waals surface area contributed by atoms with Gasteiger partial charge in [0.15, 0.2) is 0 Å². The van der Waals surface area contributed by atoms with Crippen LogP contribution in [0.15, 0.2) is 39.3 Å². The molecule has 2 aromatic rings. The summed E-state index contributed by atoms with van der Waals surface area (Å²) in [6.45, 7) is 1.78. The van der Waals surface area contributed by atoms with Gasteiger partial charge >= 0.3 is 0 Å². The first-order valence-corrected chi connectivity index (χ1v) is 7.57. The van der Waals surface area contributed by atoms with Crippen LogP contribution in [0.3, 0.4) is 0 Å². The third kappa shape index (κ3) is 3.40. The summed E-state index contributed by atoms with van der Waals surface area (Å²) in [7, 11) is 0. The molecule has 0 heterocycles. The van der Waals surface area contributed by atoms with Gasteiger partial charge in [0.2, 0.25) is 0 Å². The topological polar surface area (TPSA) is 29.1 Å². The monoisotopic (exact) mass is 419 g/mol. The second-order valence-electron chi connectivity index (χ2n) is 4.16. The summed E-state index contributed by atoms with van der Waals surface area (Å²) < 4.78 is 14.6. The summed E-state index contributed by atoms with van der Waals surface area (Å²) in [6, 6.07) is 7.85. The first-order chi connectivity index (χ1) is 9.38. The lowest BCUT2D eigenvalue weighted by atomic mass is 10.1. The molecule has 0 aliphatic carbocycles. The molecule has 0 unspecified atom stereocenters. The molecule has 6 heteroatoms. The predicted molar refractivity (Wildman–Crippen MR) is 85.9 cm³/mol. The summed E-state index contributed by atoms with van der Waals surface area (Å²) in [5.41, 5.74) is 1.48. The minimum Gasteiger partial charge on any atom is -0.322 e. The maximum absolute atomic E-state index is 13.5. The van der Waals surface area contributed by atoms with E-state index in [9.17, 15) is 9.18 Å². The van der Waals surface area contributed by atoms with E-state index in [1.807, 2.05) is 0 Å². The minimum atomic E-state index is -0.439. The molecule has 0 fully saturated rings. The molecule has 2 nitrogen and oxygen atoms in total. The number of carbonyl (C=O) groups is 1. The number of hydrogen-bond donors (Lipinski definition) is 1. The first-order valence-electron chi connectivity index (χ1n) is 5.60. The van der Waals surface area contributed by atoms with Crippen molar-refractivity contribution in [3.05, 3.63) is 61.2 Å². The van der Waals surface area contributed by atoms with Gasteiger partial charge in [0, 0.05) is 10.2 Å². The fourth-order valence-electron chi connectivity index (χ4n) is 1.64. The summed E-state index contributed by atoms with van der Waals surface area (Å²) in [5.74, 6) is -0.827. The Morgan fingerprint density at radius 3 is 2.65 bits per heavy atom. The van der Waals surface area contributed by atoms with Gasteiger partial charge in [-0.05, 0) is 58.7 Å². The molecule has 0 aliphatic rings. The van der Waals surface area contributed by atoms with Crippen molar-refractivity contribution in [2.24, 2.45) is 0 Å². The Kier molecular flexibility index (Phi) is 4.83. The highest BCUT2D eigenvalue weighted by Crippen LogP contribution is 2.26. The van der Waals surface area contributed by atoms with E-state index < -0.39 is 5.82 Å². The average molecular weight is 421 g/mol. The molecule has 0 radical (unpaired) electrons. The van der Waals surface area contributed by atoms with Crippen molar-refractivity contribution < 1.29 is 9.18 Å². The molecule has 1 amide bonds. The number of anilines is 1. The Morgan fingerprint density at radius 2 is 1.95 bits per heavy atom. The highest BCUT2D eigenvalue weighted by atomic mass is 79.9. The number of rotatable bonds is 2. The molecule has 0 aromatic heterocycles. The predicted octanol–water partition coefficient (Wildman–Crippen LogP) is 5.56. The smallest absolute Gasteiger partial charge is 0.257 e. The zero-order chi connectivity index (χ0) is 14.9. The fraction of sp³-hybridized carbons (Fsp3) is 0.0714. The molecule has 2 aromatic carbocycles. The number of carbonyl (C=O) groups excluding carboxylic acids is 1. The van der Waals surface area contributed by atoms with E-state index in [1.54, 1.807) is 31.2 Å². The highest BCUT2D eigenvalue weighted by Gasteiger charge is 2.13. The zero-order valence-corrected chi connectivity index (χ0v) is 14.2.